The topological polar surface area (TPSA) is 63.0 Å². The Hall–Kier alpha value is -1.50. The van der Waals surface area contributed by atoms with E-state index in [9.17, 15) is 9.59 Å². The third-order valence-electron chi connectivity index (χ3n) is 3.97. The summed E-state index contributed by atoms with van der Waals surface area (Å²) in [6.45, 7) is 3.79. The lowest BCUT2D eigenvalue weighted by atomic mass is 10.0. The van der Waals surface area contributed by atoms with Crippen LogP contribution >= 0.6 is 15.9 Å². The van der Waals surface area contributed by atoms with Gasteiger partial charge in [-0.25, -0.2) is 4.79 Å². The van der Waals surface area contributed by atoms with Gasteiger partial charge in [0.15, 0.2) is 10.4 Å². The van der Waals surface area contributed by atoms with Gasteiger partial charge in [0.05, 0.1) is 6.54 Å². The number of piperidine rings is 1. The lowest BCUT2D eigenvalue weighted by Gasteiger charge is -2.35. The smallest absolute Gasteiger partial charge is 0.410 e. The molecule has 0 aliphatic carbocycles. The largest absolute Gasteiger partial charge is 0.444 e. The van der Waals surface area contributed by atoms with E-state index in [1.807, 2.05) is 6.92 Å². The van der Waals surface area contributed by atoms with Crippen LogP contribution in [0.3, 0.4) is 0 Å². The zero-order chi connectivity index (χ0) is 15.0. The van der Waals surface area contributed by atoms with Crippen molar-refractivity contribution in [2.45, 2.75) is 31.9 Å². The molecule has 2 fully saturated rings. The molecule has 0 spiro atoms. The van der Waals surface area contributed by atoms with Gasteiger partial charge in [0.25, 0.3) is 5.91 Å². The highest BCUT2D eigenvalue weighted by atomic mass is 79.9. The molecule has 1 aromatic heterocycles. The molecule has 3 rings (SSSR count). The standard InChI is InChI=1S/C14H17BrN2O4/c1-9-8-17(14(19)20-9)10-4-6-16(7-5-10)13(18)11-2-3-12(15)21-11/h2-3,9-10H,4-8H2,1H3. The number of carbonyl (C=O) groups excluding carboxylic acids is 2. The Bertz CT molecular complexity index is 551. The molecule has 6 nitrogen and oxygen atoms in total. The fourth-order valence-corrected chi connectivity index (χ4v) is 3.20. The van der Waals surface area contributed by atoms with Crippen LogP contribution in [0.4, 0.5) is 4.79 Å². The van der Waals surface area contributed by atoms with Crippen LogP contribution in [0.25, 0.3) is 0 Å². The molecule has 7 heteroatoms. The van der Waals surface area contributed by atoms with Crippen LogP contribution in [0.5, 0.6) is 0 Å². The van der Waals surface area contributed by atoms with Gasteiger partial charge in [-0.05, 0) is 47.8 Å². The summed E-state index contributed by atoms with van der Waals surface area (Å²) in [4.78, 5) is 27.5. The molecule has 2 amide bonds. The Morgan fingerprint density at radius 2 is 2.05 bits per heavy atom. The van der Waals surface area contributed by atoms with Crippen LogP contribution in [0.2, 0.25) is 0 Å². The number of nitrogens with zero attached hydrogens (tertiary/aromatic N) is 2. The second-order valence-electron chi connectivity index (χ2n) is 5.47. The van der Waals surface area contributed by atoms with Gasteiger partial charge in [-0.1, -0.05) is 0 Å². The lowest BCUT2D eigenvalue weighted by Crippen LogP contribution is -2.47. The highest BCUT2D eigenvalue weighted by Crippen LogP contribution is 2.24. The van der Waals surface area contributed by atoms with Crippen molar-refractivity contribution in [1.82, 2.24) is 9.80 Å². The SMILES string of the molecule is CC1CN(C2CCN(C(=O)c3ccc(Br)o3)CC2)C(=O)O1. The molecule has 0 saturated carbocycles. The maximum absolute atomic E-state index is 12.3. The monoisotopic (exact) mass is 356 g/mol. The fourth-order valence-electron chi connectivity index (χ4n) is 2.89. The molecule has 0 N–H and O–H groups in total. The number of amides is 2. The van der Waals surface area contributed by atoms with Crippen LogP contribution in [0.1, 0.15) is 30.3 Å². The summed E-state index contributed by atoms with van der Waals surface area (Å²) in [6, 6.07) is 3.54. The summed E-state index contributed by atoms with van der Waals surface area (Å²) in [7, 11) is 0. The molecule has 21 heavy (non-hydrogen) atoms. The number of ether oxygens (including phenoxy) is 1. The van der Waals surface area contributed by atoms with Crippen molar-refractivity contribution in [3.8, 4) is 0 Å². The molecule has 114 valence electrons. The van der Waals surface area contributed by atoms with Gasteiger partial charge in [0.1, 0.15) is 6.10 Å². The predicted molar refractivity (Wildman–Crippen MR) is 78.0 cm³/mol. The van der Waals surface area contributed by atoms with Crippen molar-refractivity contribution in [1.29, 1.82) is 0 Å². The van der Waals surface area contributed by atoms with E-state index in [4.69, 9.17) is 9.15 Å². The van der Waals surface area contributed by atoms with Crippen LogP contribution in [-0.4, -0.2) is 53.6 Å². The number of furan rings is 1. The first-order valence-corrected chi connectivity index (χ1v) is 7.86. The van der Waals surface area contributed by atoms with Crippen LogP contribution in [0, 0.1) is 0 Å². The van der Waals surface area contributed by atoms with E-state index in [1.165, 1.54) is 0 Å². The summed E-state index contributed by atoms with van der Waals surface area (Å²) >= 11 is 3.20. The van der Waals surface area contributed by atoms with Crippen molar-refractivity contribution in [3.05, 3.63) is 22.6 Å². The van der Waals surface area contributed by atoms with Crippen molar-refractivity contribution in [3.63, 3.8) is 0 Å². The molecule has 2 saturated heterocycles. The summed E-state index contributed by atoms with van der Waals surface area (Å²) in [6.07, 6.45) is 1.27. The number of cyclic esters (lactones) is 1. The van der Waals surface area contributed by atoms with E-state index in [0.29, 0.717) is 30.1 Å². The van der Waals surface area contributed by atoms with Crippen LogP contribution < -0.4 is 0 Å². The van der Waals surface area contributed by atoms with Crippen molar-refractivity contribution < 1.29 is 18.7 Å². The second kappa shape index (κ2) is 5.71. The summed E-state index contributed by atoms with van der Waals surface area (Å²) in [5.74, 6) is 0.242. The number of hydrogen-bond donors (Lipinski definition) is 0. The summed E-state index contributed by atoms with van der Waals surface area (Å²) < 4.78 is 11.0. The van der Waals surface area contributed by atoms with E-state index in [2.05, 4.69) is 15.9 Å². The average molecular weight is 357 g/mol. The molecular weight excluding hydrogens is 340 g/mol. The number of hydrogen-bond acceptors (Lipinski definition) is 4. The molecule has 3 heterocycles. The number of halogens is 1. The Balaban J connectivity index is 1.58. The van der Waals surface area contributed by atoms with Crippen molar-refractivity contribution in [2.75, 3.05) is 19.6 Å². The summed E-state index contributed by atoms with van der Waals surface area (Å²) in [5, 5.41) is 0. The van der Waals surface area contributed by atoms with Crippen LogP contribution in [0.15, 0.2) is 21.2 Å². The van der Waals surface area contributed by atoms with E-state index < -0.39 is 0 Å². The minimum Gasteiger partial charge on any atom is -0.444 e. The molecule has 0 bridgehead atoms. The highest BCUT2D eigenvalue weighted by Gasteiger charge is 2.36. The van der Waals surface area contributed by atoms with E-state index in [1.54, 1.807) is 21.9 Å². The number of carbonyl (C=O) groups is 2. The zero-order valence-corrected chi connectivity index (χ0v) is 13.3. The zero-order valence-electron chi connectivity index (χ0n) is 11.8. The molecule has 0 radical (unpaired) electrons. The minimum absolute atomic E-state index is 0.0439. The molecule has 1 atom stereocenters. The van der Waals surface area contributed by atoms with Gasteiger partial charge in [-0.3, -0.25) is 4.79 Å². The Kier molecular flexibility index (Phi) is 3.93. The molecule has 1 aromatic rings. The number of likely N-dealkylation sites (tertiary alicyclic amines) is 1. The lowest BCUT2D eigenvalue weighted by molar-refractivity contribution is 0.0626. The first-order chi connectivity index (χ1) is 10.0. The maximum atomic E-state index is 12.3. The first kappa shape index (κ1) is 14.4. The highest BCUT2D eigenvalue weighted by molar-refractivity contribution is 9.10. The Morgan fingerprint density at radius 1 is 1.33 bits per heavy atom. The molecule has 2 aliphatic rings. The fraction of sp³-hybridized carbons (Fsp3) is 0.571. The Morgan fingerprint density at radius 3 is 2.57 bits per heavy atom. The molecule has 1 unspecified atom stereocenters. The van der Waals surface area contributed by atoms with Gasteiger partial charge in [-0.15, -0.1) is 0 Å². The van der Waals surface area contributed by atoms with E-state index in [0.717, 1.165) is 12.8 Å². The van der Waals surface area contributed by atoms with Gasteiger partial charge in [0, 0.05) is 19.1 Å². The van der Waals surface area contributed by atoms with Gasteiger partial charge >= 0.3 is 6.09 Å². The molecule has 0 aromatic carbocycles. The minimum atomic E-state index is -0.234. The Labute approximate surface area is 131 Å². The molecular formula is C14H17BrN2O4. The molecule has 2 aliphatic heterocycles. The van der Waals surface area contributed by atoms with Gasteiger partial charge in [-0.2, -0.15) is 0 Å². The van der Waals surface area contributed by atoms with Crippen molar-refractivity contribution >= 4 is 27.9 Å². The third kappa shape index (κ3) is 2.92. The van der Waals surface area contributed by atoms with Crippen LogP contribution in [-0.2, 0) is 4.74 Å². The maximum Gasteiger partial charge on any atom is 0.410 e. The average Bonchev–Trinajstić information content (AvgIpc) is 3.04. The normalized spacial score (nSPS) is 23.5. The third-order valence-corrected chi connectivity index (χ3v) is 4.39. The van der Waals surface area contributed by atoms with Gasteiger partial charge < -0.3 is 19.0 Å². The number of rotatable bonds is 2. The first-order valence-electron chi connectivity index (χ1n) is 7.06. The predicted octanol–water partition coefficient (Wildman–Crippen LogP) is 2.49. The van der Waals surface area contributed by atoms with Crippen molar-refractivity contribution in [2.24, 2.45) is 0 Å². The van der Waals surface area contributed by atoms with E-state index >= 15 is 0 Å². The van der Waals surface area contributed by atoms with Gasteiger partial charge in [0.2, 0.25) is 0 Å². The second-order valence-corrected chi connectivity index (χ2v) is 6.26. The summed E-state index contributed by atoms with van der Waals surface area (Å²) in [5.41, 5.74) is 0. The quantitative estimate of drug-likeness (QED) is 0.816. The van der Waals surface area contributed by atoms with E-state index in [-0.39, 0.29) is 24.1 Å².